The number of amides is 4. The lowest BCUT2D eigenvalue weighted by Gasteiger charge is -2.44. The SMILES string of the molecule is Cc1ccc(CC2(N)CCN3CCC(C(=O)NC(CCCCN)C(=O)C(=O)NCCc4ccc(C(N)=O)cc4)N3C2=O)cc1. The predicted octanol–water partition coefficient (Wildman–Crippen LogP) is 0.0973. The second kappa shape index (κ2) is 14.6. The first kappa shape index (κ1) is 32.8. The van der Waals surface area contributed by atoms with E-state index in [0.29, 0.717) is 63.7 Å². The number of primary amides is 1. The Hall–Kier alpha value is -4.13. The van der Waals surface area contributed by atoms with E-state index in [1.165, 1.54) is 5.01 Å². The molecular weight excluding hydrogens is 562 g/mol. The molecule has 0 saturated carbocycles. The lowest BCUT2D eigenvalue weighted by atomic mass is 9.85. The van der Waals surface area contributed by atoms with Crippen LogP contribution in [0.2, 0.25) is 0 Å². The quantitative estimate of drug-likeness (QED) is 0.148. The molecule has 4 rings (SSSR count). The molecule has 2 fully saturated rings. The normalized spacial score (nSPS) is 20.6. The van der Waals surface area contributed by atoms with Gasteiger partial charge in [-0.3, -0.25) is 29.0 Å². The monoisotopic (exact) mass is 605 g/mol. The van der Waals surface area contributed by atoms with Gasteiger partial charge in [-0.25, -0.2) is 5.01 Å². The van der Waals surface area contributed by atoms with E-state index in [4.69, 9.17) is 17.2 Å². The molecular formula is C32H43N7O5. The van der Waals surface area contributed by atoms with E-state index >= 15 is 0 Å². The molecule has 0 radical (unpaired) electrons. The number of fused-ring (bicyclic) bond motifs is 1. The first-order valence-electron chi connectivity index (χ1n) is 15.2. The first-order valence-corrected chi connectivity index (χ1v) is 15.2. The fraction of sp³-hybridized carbons (Fsp3) is 0.469. The van der Waals surface area contributed by atoms with Gasteiger partial charge in [0.05, 0.1) is 6.04 Å². The highest BCUT2D eigenvalue weighted by Crippen LogP contribution is 2.31. The summed E-state index contributed by atoms with van der Waals surface area (Å²) in [5.74, 6) is -2.91. The molecule has 12 heteroatoms. The molecule has 2 saturated heterocycles. The Morgan fingerprint density at radius 2 is 1.68 bits per heavy atom. The van der Waals surface area contributed by atoms with Crippen molar-refractivity contribution in [2.24, 2.45) is 17.2 Å². The second-order valence-electron chi connectivity index (χ2n) is 11.8. The number of nitrogens with zero attached hydrogens (tertiary/aromatic N) is 2. The minimum atomic E-state index is -1.16. The van der Waals surface area contributed by atoms with Gasteiger partial charge in [0.1, 0.15) is 11.6 Å². The van der Waals surface area contributed by atoms with Crippen molar-refractivity contribution < 1.29 is 24.0 Å². The van der Waals surface area contributed by atoms with Gasteiger partial charge in [-0.05, 0) is 81.7 Å². The van der Waals surface area contributed by atoms with Gasteiger partial charge in [-0.2, -0.15) is 0 Å². The van der Waals surface area contributed by atoms with Crippen LogP contribution in [0.1, 0.15) is 59.2 Å². The molecule has 2 aromatic rings. The van der Waals surface area contributed by atoms with Crippen molar-refractivity contribution in [2.75, 3.05) is 26.2 Å². The molecule has 0 aromatic heterocycles. The Labute approximate surface area is 257 Å². The third-order valence-corrected chi connectivity index (χ3v) is 8.39. The molecule has 236 valence electrons. The zero-order valence-corrected chi connectivity index (χ0v) is 25.2. The molecule has 0 aliphatic carbocycles. The summed E-state index contributed by atoms with van der Waals surface area (Å²) < 4.78 is 0. The van der Waals surface area contributed by atoms with Gasteiger partial charge in [0.2, 0.25) is 17.6 Å². The number of Topliss-reactive ketones (excluding diaryl/α,β-unsaturated/α-hetero) is 1. The third kappa shape index (κ3) is 7.87. The van der Waals surface area contributed by atoms with E-state index in [9.17, 15) is 24.0 Å². The average Bonchev–Trinajstić information content (AvgIpc) is 3.45. The van der Waals surface area contributed by atoms with Crippen molar-refractivity contribution in [3.8, 4) is 0 Å². The highest BCUT2D eigenvalue weighted by Gasteiger charge is 2.51. The molecule has 3 atom stereocenters. The number of rotatable bonds is 14. The predicted molar refractivity (Wildman–Crippen MR) is 165 cm³/mol. The summed E-state index contributed by atoms with van der Waals surface area (Å²) in [5.41, 5.74) is 19.7. The van der Waals surface area contributed by atoms with Gasteiger partial charge >= 0.3 is 0 Å². The Bertz CT molecular complexity index is 1360. The van der Waals surface area contributed by atoms with Crippen molar-refractivity contribution >= 4 is 29.4 Å². The molecule has 12 nitrogen and oxygen atoms in total. The average molecular weight is 606 g/mol. The maximum atomic E-state index is 13.8. The Morgan fingerprint density at radius 3 is 2.34 bits per heavy atom. The van der Waals surface area contributed by atoms with Crippen LogP contribution in [0, 0.1) is 6.92 Å². The number of ketones is 1. The lowest BCUT2D eigenvalue weighted by molar-refractivity contribution is -0.165. The zero-order chi connectivity index (χ0) is 31.9. The van der Waals surface area contributed by atoms with Crippen LogP contribution in [-0.4, -0.2) is 83.2 Å². The van der Waals surface area contributed by atoms with Crippen LogP contribution < -0.4 is 27.8 Å². The Morgan fingerprint density at radius 1 is 1.00 bits per heavy atom. The Balaban J connectivity index is 1.39. The van der Waals surface area contributed by atoms with Crippen molar-refractivity contribution in [1.82, 2.24) is 20.7 Å². The number of unbranched alkanes of at least 4 members (excludes halogenated alkanes) is 1. The summed E-state index contributed by atoms with van der Waals surface area (Å²) in [7, 11) is 0. The smallest absolute Gasteiger partial charge is 0.289 e. The summed E-state index contributed by atoms with van der Waals surface area (Å²) in [5, 5.41) is 8.70. The molecule has 2 heterocycles. The number of nitrogens with one attached hydrogen (secondary N) is 2. The molecule has 4 amide bonds. The van der Waals surface area contributed by atoms with Crippen molar-refractivity contribution in [1.29, 1.82) is 0 Å². The van der Waals surface area contributed by atoms with E-state index < -0.39 is 41.1 Å². The van der Waals surface area contributed by atoms with Gasteiger partial charge in [-0.15, -0.1) is 0 Å². The summed E-state index contributed by atoms with van der Waals surface area (Å²) in [6, 6.07) is 12.6. The molecule has 8 N–H and O–H groups in total. The number of benzene rings is 2. The van der Waals surface area contributed by atoms with Crippen molar-refractivity contribution in [3.05, 3.63) is 70.8 Å². The topological polar surface area (TPSA) is 194 Å². The van der Waals surface area contributed by atoms with Crippen LogP contribution in [0.3, 0.4) is 0 Å². The number of carbonyl (C=O) groups excluding carboxylic acids is 5. The van der Waals surface area contributed by atoms with Crippen LogP contribution in [0.15, 0.2) is 48.5 Å². The number of nitrogens with two attached hydrogens (primary N) is 3. The van der Waals surface area contributed by atoms with E-state index in [0.717, 1.165) is 16.7 Å². The molecule has 0 bridgehead atoms. The first-order chi connectivity index (χ1) is 21.0. The standard InChI is InChI=1S/C32H43N7O5/c1-21-5-7-23(8-6-21)20-32(35)15-19-38-18-14-26(39(38)31(32)44)29(42)37-25(4-2-3-16-33)27(40)30(43)36-17-13-22-9-11-24(12-10-22)28(34)41/h5-12,25-26H,2-4,13-20,33,35H2,1H3,(H2,34,41)(H,36,43)(H,37,42). The van der Waals surface area contributed by atoms with Crippen LogP contribution in [0.4, 0.5) is 0 Å². The minimum Gasteiger partial charge on any atom is -0.366 e. The number of hydrogen-bond acceptors (Lipinski definition) is 8. The summed E-state index contributed by atoms with van der Waals surface area (Å²) in [4.78, 5) is 64.6. The number of carbonyl (C=O) groups is 5. The van der Waals surface area contributed by atoms with Crippen LogP contribution >= 0.6 is 0 Å². The van der Waals surface area contributed by atoms with Crippen LogP contribution in [0.5, 0.6) is 0 Å². The number of hydrogen-bond donors (Lipinski definition) is 5. The molecule has 0 spiro atoms. The maximum absolute atomic E-state index is 13.8. The highest BCUT2D eigenvalue weighted by atomic mass is 16.2. The highest BCUT2D eigenvalue weighted by molar-refractivity contribution is 6.38. The summed E-state index contributed by atoms with van der Waals surface area (Å²) >= 11 is 0. The maximum Gasteiger partial charge on any atom is 0.289 e. The van der Waals surface area contributed by atoms with Gasteiger partial charge < -0.3 is 27.8 Å². The molecule has 2 aliphatic rings. The molecule has 2 aromatic carbocycles. The van der Waals surface area contributed by atoms with Gasteiger partial charge in [0.25, 0.3) is 11.8 Å². The fourth-order valence-corrected chi connectivity index (χ4v) is 5.76. The lowest BCUT2D eigenvalue weighted by Crippen LogP contribution is -2.67. The number of aryl methyl sites for hydroxylation is 1. The number of hydrazine groups is 1. The molecule has 3 unspecified atom stereocenters. The molecule has 44 heavy (non-hydrogen) atoms. The largest absolute Gasteiger partial charge is 0.366 e. The fourth-order valence-electron chi connectivity index (χ4n) is 5.76. The third-order valence-electron chi connectivity index (χ3n) is 8.39. The van der Waals surface area contributed by atoms with E-state index in [1.54, 1.807) is 24.3 Å². The van der Waals surface area contributed by atoms with E-state index in [2.05, 4.69) is 10.6 Å². The second-order valence-corrected chi connectivity index (χ2v) is 11.8. The minimum absolute atomic E-state index is 0.184. The van der Waals surface area contributed by atoms with Gasteiger partial charge in [0.15, 0.2) is 0 Å². The van der Waals surface area contributed by atoms with Crippen molar-refractivity contribution in [2.45, 2.75) is 69.5 Å². The van der Waals surface area contributed by atoms with Gasteiger partial charge in [0, 0.05) is 25.2 Å². The van der Waals surface area contributed by atoms with E-state index in [1.807, 2.05) is 36.2 Å². The van der Waals surface area contributed by atoms with E-state index in [-0.39, 0.29) is 18.9 Å². The Kier molecular flexibility index (Phi) is 10.8. The van der Waals surface area contributed by atoms with Crippen LogP contribution in [-0.2, 0) is 32.0 Å². The van der Waals surface area contributed by atoms with Crippen molar-refractivity contribution in [3.63, 3.8) is 0 Å². The summed E-state index contributed by atoms with van der Waals surface area (Å²) in [6.45, 7) is 3.63. The van der Waals surface area contributed by atoms with Crippen LogP contribution in [0.25, 0.3) is 0 Å². The van der Waals surface area contributed by atoms with Gasteiger partial charge in [-0.1, -0.05) is 42.0 Å². The molecule has 2 aliphatic heterocycles. The summed E-state index contributed by atoms with van der Waals surface area (Å²) in [6.07, 6.45) is 3.03. The zero-order valence-electron chi connectivity index (χ0n) is 25.2.